The van der Waals surface area contributed by atoms with Gasteiger partial charge in [0.15, 0.2) is 4.34 Å². The van der Waals surface area contributed by atoms with Gasteiger partial charge in [-0.2, -0.15) is 0 Å². The Bertz CT molecular complexity index is 425. The number of nitrogens with zero attached hydrogens (tertiary/aromatic N) is 2. The Balaban J connectivity index is 1.93. The zero-order valence-electron chi connectivity index (χ0n) is 8.96. The summed E-state index contributed by atoms with van der Waals surface area (Å²) >= 11 is 3.20. The van der Waals surface area contributed by atoms with E-state index < -0.39 is 0 Å². The number of nitrogens with two attached hydrogens (primary N) is 1. The van der Waals surface area contributed by atoms with Crippen LogP contribution >= 0.6 is 23.1 Å². The Kier molecular flexibility index (Phi) is 3.93. The van der Waals surface area contributed by atoms with E-state index in [9.17, 15) is 0 Å². The Morgan fingerprint density at radius 1 is 1.38 bits per heavy atom. The smallest absolute Gasteiger partial charge is 0.174 e. The molecule has 1 aromatic carbocycles. The van der Waals surface area contributed by atoms with E-state index in [1.165, 1.54) is 11.1 Å². The van der Waals surface area contributed by atoms with Crippen molar-refractivity contribution in [1.29, 1.82) is 0 Å². The average Bonchev–Trinajstić information content (AvgIpc) is 2.80. The van der Waals surface area contributed by atoms with Crippen LogP contribution in [0.3, 0.4) is 0 Å². The van der Waals surface area contributed by atoms with Crippen molar-refractivity contribution in [2.24, 2.45) is 5.73 Å². The molecule has 84 valence electrons. The summed E-state index contributed by atoms with van der Waals surface area (Å²) in [4.78, 5) is 0. The predicted molar refractivity (Wildman–Crippen MR) is 68.7 cm³/mol. The van der Waals surface area contributed by atoms with Crippen LogP contribution in [-0.4, -0.2) is 16.0 Å². The Hall–Kier alpha value is -0.910. The molecule has 0 aliphatic carbocycles. The minimum absolute atomic E-state index is 0.0505. The van der Waals surface area contributed by atoms with Crippen LogP contribution in [0.2, 0.25) is 0 Å². The number of benzene rings is 1. The second kappa shape index (κ2) is 5.43. The molecule has 1 heterocycles. The standard InChI is InChI=1S/C11H13N3S2/c1-8-2-4-9(5-3-8)10(12)6-15-11-14-13-7-16-11/h2-5,7,10H,6,12H2,1H3. The highest BCUT2D eigenvalue weighted by Crippen LogP contribution is 2.24. The molecule has 0 aliphatic heterocycles. The molecule has 0 spiro atoms. The van der Waals surface area contributed by atoms with E-state index in [-0.39, 0.29) is 6.04 Å². The van der Waals surface area contributed by atoms with Gasteiger partial charge in [0.05, 0.1) is 0 Å². The first-order chi connectivity index (χ1) is 7.75. The lowest BCUT2D eigenvalue weighted by Crippen LogP contribution is -2.12. The maximum Gasteiger partial charge on any atom is 0.174 e. The van der Waals surface area contributed by atoms with Gasteiger partial charge in [0.1, 0.15) is 5.51 Å². The maximum atomic E-state index is 6.10. The Labute approximate surface area is 103 Å². The summed E-state index contributed by atoms with van der Waals surface area (Å²) in [5.74, 6) is 0.832. The van der Waals surface area contributed by atoms with Gasteiger partial charge in [0.2, 0.25) is 0 Å². The highest BCUT2D eigenvalue weighted by molar-refractivity contribution is 8.01. The molecule has 0 saturated carbocycles. The van der Waals surface area contributed by atoms with Crippen LogP contribution in [0.25, 0.3) is 0 Å². The van der Waals surface area contributed by atoms with Gasteiger partial charge < -0.3 is 5.73 Å². The van der Waals surface area contributed by atoms with Crippen molar-refractivity contribution >= 4 is 23.1 Å². The van der Waals surface area contributed by atoms with Crippen LogP contribution < -0.4 is 5.73 Å². The lowest BCUT2D eigenvalue weighted by Gasteiger charge is -2.10. The van der Waals surface area contributed by atoms with Crippen molar-refractivity contribution < 1.29 is 0 Å². The fraction of sp³-hybridized carbons (Fsp3) is 0.273. The van der Waals surface area contributed by atoms with Crippen LogP contribution in [0, 0.1) is 6.92 Å². The molecule has 16 heavy (non-hydrogen) atoms. The number of thioether (sulfide) groups is 1. The molecular weight excluding hydrogens is 238 g/mol. The number of hydrogen-bond acceptors (Lipinski definition) is 5. The number of aryl methyl sites for hydroxylation is 1. The molecule has 5 heteroatoms. The minimum Gasteiger partial charge on any atom is -0.323 e. The summed E-state index contributed by atoms with van der Waals surface area (Å²) in [6.45, 7) is 2.07. The van der Waals surface area contributed by atoms with Gasteiger partial charge in [-0.3, -0.25) is 0 Å². The van der Waals surface area contributed by atoms with E-state index in [4.69, 9.17) is 5.73 Å². The molecule has 2 rings (SSSR count). The summed E-state index contributed by atoms with van der Waals surface area (Å²) in [6.07, 6.45) is 0. The molecule has 2 aromatic rings. The van der Waals surface area contributed by atoms with Crippen LogP contribution in [-0.2, 0) is 0 Å². The molecule has 0 bridgehead atoms. The second-order valence-corrected chi connectivity index (χ2v) is 5.63. The zero-order chi connectivity index (χ0) is 11.4. The van der Waals surface area contributed by atoms with Gasteiger partial charge in [0, 0.05) is 11.8 Å². The van der Waals surface area contributed by atoms with Crippen LogP contribution in [0.5, 0.6) is 0 Å². The third-order valence-corrected chi connectivity index (χ3v) is 4.21. The molecule has 1 atom stereocenters. The van der Waals surface area contributed by atoms with Gasteiger partial charge in [-0.05, 0) is 12.5 Å². The molecule has 3 nitrogen and oxygen atoms in total. The SMILES string of the molecule is Cc1ccc(C(N)CSc2nncs2)cc1. The van der Waals surface area contributed by atoms with Gasteiger partial charge in [-0.15, -0.1) is 10.2 Å². The number of rotatable bonds is 4. The summed E-state index contributed by atoms with van der Waals surface area (Å²) in [7, 11) is 0. The van der Waals surface area contributed by atoms with Gasteiger partial charge in [0.25, 0.3) is 0 Å². The average molecular weight is 251 g/mol. The number of hydrogen-bond donors (Lipinski definition) is 1. The van der Waals surface area contributed by atoms with Crippen molar-refractivity contribution in [2.45, 2.75) is 17.3 Å². The summed E-state index contributed by atoms with van der Waals surface area (Å²) < 4.78 is 0.975. The van der Waals surface area contributed by atoms with E-state index in [1.807, 2.05) is 0 Å². The Morgan fingerprint density at radius 2 is 2.12 bits per heavy atom. The third kappa shape index (κ3) is 3.04. The predicted octanol–water partition coefficient (Wildman–Crippen LogP) is 2.64. The fourth-order valence-corrected chi connectivity index (χ4v) is 2.80. The van der Waals surface area contributed by atoms with Gasteiger partial charge in [-0.1, -0.05) is 52.9 Å². The number of aromatic nitrogens is 2. The lowest BCUT2D eigenvalue weighted by atomic mass is 10.1. The summed E-state index contributed by atoms with van der Waals surface area (Å²) in [5.41, 5.74) is 10.3. The Morgan fingerprint density at radius 3 is 2.75 bits per heavy atom. The highest BCUT2D eigenvalue weighted by atomic mass is 32.2. The van der Waals surface area contributed by atoms with Crippen LogP contribution in [0.4, 0.5) is 0 Å². The molecule has 1 aromatic heterocycles. The van der Waals surface area contributed by atoms with Crippen LogP contribution in [0.1, 0.15) is 17.2 Å². The monoisotopic (exact) mass is 251 g/mol. The first-order valence-electron chi connectivity index (χ1n) is 4.97. The molecule has 0 amide bonds. The third-order valence-electron chi connectivity index (χ3n) is 2.23. The van der Waals surface area contributed by atoms with Crippen molar-refractivity contribution in [1.82, 2.24) is 10.2 Å². The quantitative estimate of drug-likeness (QED) is 0.849. The molecule has 1 unspecified atom stereocenters. The lowest BCUT2D eigenvalue weighted by molar-refractivity contribution is 0.829. The first kappa shape index (κ1) is 11.6. The van der Waals surface area contributed by atoms with Crippen molar-refractivity contribution in [3.63, 3.8) is 0 Å². The van der Waals surface area contributed by atoms with E-state index >= 15 is 0 Å². The van der Waals surface area contributed by atoms with E-state index in [2.05, 4.69) is 41.4 Å². The van der Waals surface area contributed by atoms with E-state index in [1.54, 1.807) is 28.6 Å². The van der Waals surface area contributed by atoms with Crippen LogP contribution in [0.15, 0.2) is 34.1 Å². The topological polar surface area (TPSA) is 51.8 Å². The molecular formula is C11H13N3S2. The van der Waals surface area contributed by atoms with E-state index in [0.29, 0.717) is 0 Å². The van der Waals surface area contributed by atoms with E-state index in [0.717, 1.165) is 10.1 Å². The fourth-order valence-electron chi connectivity index (χ4n) is 1.30. The highest BCUT2D eigenvalue weighted by Gasteiger charge is 2.07. The first-order valence-corrected chi connectivity index (χ1v) is 6.83. The minimum atomic E-state index is 0.0505. The maximum absolute atomic E-state index is 6.10. The molecule has 0 saturated heterocycles. The normalized spacial score (nSPS) is 12.6. The van der Waals surface area contributed by atoms with Gasteiger partial charge >= 0.3 is 0 Å². The van der Waals surface area contributed by atoms with Crippen molar-refractivity contribution in [2.75, 3.05) is 5.75 Å². The molecule has 2 N–H and O–H groups in total. The largest absolute Gasteiger partial charge is 0.323 e. The summed E-state index contributed by atoms with van der Waals surface area (Å²) in [6, 6.07) is 8.39. The molecule has 0 fully saturated rings. The van der Waals surface area contributed by atoms with Crippen molar-refractivity contribution in [3.05, 3.63) is 40.9 Å². The second-order valence-electron chi connectivity index (χ2n) is 3.53. The molecule has 0 aliphatic rings. The zero-order valence-corrected chi connectivity index (χ0v) is 10.6. The van der Waals surface area contributed by atoms with Gasteiger partial charge in [-0.25, -0.2) is 0 Å². The molecule has 0 radical (unpaired) electrons. The van der Waals surface area contributed by atoms with Crippen molar-refractivity contribution in [3.8, 4) is 0 Å². The summed E-state index contributed by atoms with van der Waals surface area (Å²) in [5, 5.41) is 7.76.